The molecule has 0 bridgehead atoms. The standard InChI is InChI=1S/C18H19BrN4O2.C16H14BrN3O2.C16H15N3O3.C14H10BrN3O2.C12H15N3.C8H12O5.C2H4O2.CH3F.3CH4.Br3OP.Na/c1-11-15-13(20-17(24)25-18(2,3)4)10-14(19)21-16(15)23(22-11)12-8-6-5-7-9-12;1-3-22-16(21)12-9-13(17)18-15-14(12)10(2)19-20(15)11-7-5-4-6-8-11;1-3-22-16(21)12-9-13(20)17-15-14(12)10(2)18-19(15)11-7-5-4-6-8-11;1-8-12-10(14(19)20)7-11(15)16-13(12)18(17-8)9-5-3-2-4-6-9;1-9(2)11-8-12(13)15(14-11)10-6-4-3-5-7-10;1-3-12-7(10)5-6(9)8(11)13-4-2;1-2(3)4;1-2;;;;1-5(2,3)4;/h5-10H,1-4H3,(H,20,21,24);4-9H,3H2,1-2H3;4-9H,3H2,1-2H3,(H,17,20);2-7H,1H3,(H,19,20);3-9H,13H2,1-2H3;5,9H,3-4H2,1-2H3;1H3,(H,3,4);1H3;3*1H4;;/q;;;;;;;;;;;;+1/p-1/b;;;;;6-5-;;;;;;;/i;;;;;;;1D;;;;;. The SMILES string of the molecule is C.C.C.CC(=O)O.CC(C)c1cc(N)n(-c2ccccc2)n1.CCOC(=O)/C=C(\[O-])C(=O)OCC.CCOC(=O)c1cc(=O)[nH]c2c1c(C)nn2-c1ccccc1.CCOC(=O)c1cc(Br)nc2c1c(C)nn2-c1ccccc1.Cc1nn(-c2ccccc2)c2nc(Br)cc(C(=O)O)c12.Cc1nn(-c2ccccc2)c2nc(Br)cc(NC(=O)OC(C)(C)C)c12.O=P(Br)(Br)Br.[2H]CF.[Na+]. The van der Waals surface area contributed by atoms with E-state index in [1.54, 1.807) is 77.1 Å². The van der Waals surface area contributed by atoms with Crippen molar-refractivity contribution in [2.45, 2.75) is 131 Å². The Morgan fingerprint density at radius 1 is 0.545 bits per heavy atom. The van der Waals surface area contributed by atoms with Crippen molar-refractivity contribution in [2.24, 2.45) is 0 Å². The number of aryl methyl sites for hydroxylation is 4. The molecule has 0 fully saturated rings. The quantitative estimate of drug-likeness (QED) is 0.0114. The number of ether oxygens (including phenoxy) is 5. The summed E-state index contributed by atoms with van der Waals surface area (Å²) in [5.41, 5.74) is 17.0. The minimum absolute atomic E-state index is 0. The van der Waals surface area contributed by atoms with Crippen LogP contribution in [0.2, 0.25) is 0 Å². The molecule has 0 saturated carbocycles. The number of nitrogens with one attached hydrogen (secondary N) is 2. The van der Waals surface area contributed by atoms with Crippen LogP contribution in [0.4, 0.5) is 20.7 Å². The zero-order valence-corrected chi connectivity index (χ0v) is 84.9. The Hall–Kier alpha value is -10.9. The monoisotopic (exact) mass is 2230 g/mol. The molecule has 700 valence electrons. The number of carbonyl (C=O) groups excluding carboxylic acids is 5. The summed E-state index contributed by atoms with van der Waals surface area (Å²) in [6.07, 6.45) is 0.0559. The van der Waals surface area contributed by atoms with Crippen molar-refractivity contribution in [3.63, 3.8) is 0 Å². The summed E-state index contributed by atoms with van der Waals surface area (Å²) in [7, 11) is -1.00. The third-order valence-electron chi connectivity index (χ3n) is 16.4. The fourth-order valence-corrected chi connectivity index (χ4v) is 12.7. The number of esters is 4. The van der Waals surface area contributed by atoms with Gasteiger partial charge in [0.1, 0.15) is 30.9 Å². The van der Waals surface area contributed by atoms with Crippen LogP contribution in [0.3, 0.4) is 0 Å². The number of nitrogen functional groups attached to an aromatic ring is 1. The Balaban J connectivity index is 0.000000528. The second-order valence-corrected chi connectivity index (χ2v) is 48.1. The summed E-state index contributed by atoms with van der Waals surface area (Å²) in [6, 6.07) is 56.4. The summed E-state index contributed by atoms with van der Waals surface area (Å²) in [6.45, 7) is 25.6. The van der Waals surface area contributed by atoms with Gasteiger partial charge in [-0.25, -0.2) is 67.1 Å². The first-order valence-electron chi connectivity index (χ1n) is 39.2. The average Bonchev–Trinajstić information content (AvgIpc) is 1.63. The van der Waals surface area contributed by atoms with Crippen molar-refractivity contribution in [1.29, 1.82) is 0 Å². The molecule has 132 heavy (non-hydrogen) atoms. The van der Waals surface area contributed by atoms with Gasteiger partial charge in [-0.2, -0.15) is 25.5 Å². The second kappa shape index (κ2) is 56.2. The van der Waals surface area contributed by atoms with Gasteiger partial charge in [-0.05, 0) is 214 Å². The molecule has 33 nitrogen and oxygen atoms in total. The molecule has 0 unspecified atom stereocenters. The third-order valence-corrected chi connectivity index (χ3v) is 17.6. The van der Waals surface area contributed by atoms with Crippen LogP contribution in [0.25, 0.3) is 72.6 Å². The fourth-order valence-electron chi connectivity index (χ4n) is 11.5. The van der Waals surface area contributed by atoms with Gasteiger partial charge in [0.05, 0.1) is 136 Å². The number of aromatic carboxylic acids is 1. The summed E-state index contributed by atoms with van der Waals surface area (Å²) < 4.78 is 57.7. The Morgan fingerprint density at radius 2 is 0.871 bits per heavy atom. The molecule has 14 aromatic rings. The van der Waals surface area contributed by atoms with E-state index in [0.29, 0.717) is 99.6 Å². The molecule has 0 spiro atoms. The first-order chi connectivity index (χ1) is 61.0. The summed E-state index contributed by atoms with van der Waals surface area (Å²) >= 11 is 18.3. The zero-order valence-electron chi connectivity index (χ0n) is 73.5. The van der Waals surface area contributed by atoms with E-state index in [1.165, 1.54) is 12.1 Å². The Kier molecular flexibility index (Phi) is 49.0. The number of hydrogen-bond acceptors (Lipinski definition) is 24. The molecule has 0 radical (unpaired) electrons. The molecule has 42 heteroatoms. The van der Waals surface area contributed by atoms with Gasteiger partial charge in [-0.3, -0.25) is 23.9 Å². The largest absolute Gasteiger partial charge is 1.00 e. The van der Waals surface area contributed by atoms with E-state index in [2.05, 4.69) is 168 Å². The number of carboxylic acids is 2. The number of rotatable bonds is 16. The molecule has 9 aromatic heterocycles. The number of benzene rings is 5. The maximum Gasteiger partial charge on any atom is 1.00 e. The molecule has 0 aliphatic heterocycles. The molecule has 6 N–H and O–H groups in total. The fraction of sp³-hybridized carbons (Fsp3) is 0.267. The van der Waals surface area contributed by atoms with Gasteiger partial charge in [-0.15, -0.1) is 0 Å². The van der Waals surface area contributed by atoms with Crippen molar-refractivity contribution >= 4 is 195 Å². The van der Waals surface area contributed by atoms with Crippen LogP contribution < -0.4 is 51.3 Å². The predicted octanol–water partition coefficient (Wildman–Crippen LogP) is 18.7. The summed E-state index contributed by atoms with van der Waals surface area (Å²) in [5.74, 6) is -4.51. The minimum Gasteiger partial charge on any atom is -0.867 e. The van der Waals surface area contributed by atoms with Crippen LogP contribution in [-0.2, 0) is 42.6 Å². The van der Waals surface area contributed by atoms with Crippen molar-refractivity contribution < 1.29 is 112 Å². The van der Waals surface area contributed by atoms with E-state index in [1.807, 2.05) is 192 Å². The third kappa shape index (κ3) is 34.9. The first-order valence-corrected chi connectivity index (χ1v) is 48.6. The van der Waals surface area contributed by atoms with Crippen LogP contribution in [0, 0.1) is 27.7 Å². The second-order valence-electron chi connectivity index (χ2n) is 27.3. The smallest absolute Gasteiger partial charge is 0.867 e. The molecule has 0 atom stereocenters. The minimum atomic E-state index is -2.20. The number of alkyl halides is 1. The maximum atomic E-state index is 12.2. The van der Waals surface area contributed by atoms with Crippen molar-refractivity contribution in [3.05, 3.63) is 263 Å². The molecule has 0 aliphatic carbocycles. The molecule has 14 rings (SSSR count). The normalized spacial score (nSPS) is 10.5. The van der Waals surface area contributed by atoms with Crippen LogP contribution in [0.15, 0.2) is 212 Å². The number of anilines is 2. The number of fused-ring (bicyclic) bond motifs is 4. The predicted molar refractivity (Wildman–Crippen MR) is 527 cm³/mol. The van der Waals surface area contributed by atoms with E-state index < -0.39 is 57.7 Å². The van der Waals surface area contributed by atoms with E-state index in [0.717, 1.165) is 57.8 Å². The zero-order chi connectivity index (χ0) is 95.7. The van der Waals surface area contributed by atoms with E-state index in [4.69, 9.17) is 31.2 Å². The van der Waals surface area contributed by atoms with Gasteiger partial charge < -0.3 is 49.7 Å². The number of hydrogen-bond donors (Lipinski definition) is 5. The number of nitrogens with two attached hydrogens (primary N) is 1. The summed E-state index contributed by atoms with van der Waals surface area (Å²) in [4.78, 5) is 106. The number of H-pyrrole nitrogens is 1. The maximum absolute atomic E-state index is 12.2. The van der Waals surface area contributed by atoms with Gasteiger partial charge in [0, 0.05) is 71.6 Å². The number of pyridine rings is 4. The number of aliphatic carboxylic acids is 1. The van der Waals surface area contributed by atoms with Gasteiger partial charge >= 0.3 is 65.5 Å². The number of halogens is 7. The molecule has 0 aliphatic rings. The van der Waals surface area contributed by atoms with Crippen molar-refractivity contribution in [3.8, 4) is 28.4 Å². The van der Waals surface area contributed by atoms with Crippen LogP contribution >= 0.6 is 97.5 Å². The van der Waals surface area contributed by atoms with Gasteiger partial charge in [0.2, 0.25) is 5.56 Å². The van der Waals surface area contributed by atoms with Gasteiger partial charge in [-0.1, -0.05) is 127 Å². The first kappa shape index (κ1) is 115. The molecule has 9 heterocycles. The average molecular weight is 2230 g/mol. The number of para-hydroxylation sites is 5. The van der Waals surface area contributed by atoms with Crippen LogP contribution in [-0.4, -0.2) is 160 Å². The number of carboxylic acid groups (broad SMARTS) is 2. The topological polar surface area (TPSA) is 445 Å². The number of aromatic amines is 1. The van der Waals surface area contributed by atoms with Gasteiger partial charge in [0.25, 0.3) is 9.22 Å². The molecule has 0 saturated heterocycles. The van der Waals surface area contributed by atoms with Crippen molar-refractivity contribution in [2.75, 3.05) is 44.6 Å². The number of amides is 1. The van der Waals surface area contributed by atoms with Gasteiger partial charge in [0.15, 0.2) is 16.9 Å². The molecular weight excluding hydrogens is 2130 g/mol. The molecular formula is C90H103Br6FN16NaO17P. The summed E-state index contributed by atoms with van der Waals surface area (Å²) in [5, 5.41) is 55.4. The van der Waals surface area contributed by atoms with Crippen LogP contribution in [0.5, 0.6) is 0 Å². The van der Waals surface area contributed by atoms with E-state index >= 15 is 0 Å². The van der Waals surface area contributed by atoms with Crippen molar-refractivity contribution in [1.82, 2.24) is 68.8 Å². The van der Waals surface area contributed by atoms with E-state index in [9.17, 15) is 52.7 Å². The molecule has 1 amide bonds. The Labute approximate surface area is 835 Å². The van der Waals surface area contributed by atoms with Crippen LogP contribution in [0.1, 0.15) is 158 Å². The molecule has 5 aromatic carbocycles. The number of aromatic nitrogens is 14. The van der Waals surface area contributed by atoms with E-state index in [-0.39, 0.29) is 94.3 Å². The Morgan fingerprint density at radius 3 is 1.23 bits per heavy atom. The Bertz CT molecular complexity index is 6340. The number of carbonyl (C=O) groups is 7. The number of nitrogens with zero attached hydrogens (tertiary/aromatic N) is 13.